The Kier molecular flexibility index (Phi) is 3.04. The molecule has 8 heteroatoms. The smallest absolute Gasteiger partial charge is 0.315 e. The van der Waals surface area contributed by atoms with Crippen LogP contribution in [0.5, 0.6) is 0 Å². The van der Waals surface area contributed by atoms with E-state index in [0.29, 0.717) is 24.2 Å². The van der Waals surface area contributed by atoms with Gasteiger partial charge in [0.25, 0.3) is 0 Å². The molecule has 0 aliphatic rings. The molecule has 2 aromatic rings. The van der Waals surface area contributed by atoms with Crippen LogP contribution >= 0.6 is 11.6 Å². The van der Waals surface area contributed by atoms with Crippen molar-refractivity contribution in [3.63, 3.8) is 0 Å². The van der Waals surface area contributed by atoms with Gasteiger partial charge in [0.1, 0.15) is 5.38 Å². The molecular weight excluding hydrogens is 234 g/mol. The van der Waals surface area contributed by atoms with Crippen molar-refractivity contribution in [1.29, 1.82) is 0 Å². The molecule has 0 aromatic carbocycles. The average Bonchev–Trinajstić information content (AvgIpc) is 2.83. The zero-order valence-corrected chi connectivity index (χ0v) is 9.52. The van der Waals surface area contributed by atoms with E-state index < -0.39 is 0 Å². The monoisotopic (exact) mass is 243 g/mol. The lowest BCUT2D eigenvalue weighted by atomic mass is 10.5. The van der Waals surface area contributed by atoms with Crippen LogP contribution in [0.1, 0.15) is 29.9 Å². The van der Waals surface area contributed by atoms with E-state index in [4.69, 9.17) is 20.5 Å². The summed E-state index contributed by atoms with van der Waals surface area (Å²) in [6, 6.07) is 0.276. The Morgan fingerprint density at radius 3 is 2.81 bits per heavy atom. The molecule has 0 bridgehead atoms. The first-order valence-electron chi connectivity index (χ1n) is 4.65. The SMILES string of the molecule is Cc1noc(CNc2nnc(C(C)Cl)o2)n1. The molecular formula is C8H10ClN5O2. The third-order valence-electron chi connectivity index (χ3n) is 1.74. The number of nitrogens with zero attached hydrogens (tertiary/aromatic N) is 4. The highest BCUT2D eigenvalue weighted by Crippen LogP contribution is 2.19. The van der Waals surface area contributed by atoms with E-state index in [0.717, 1.165) is 0 Å². The van der Waals surface area contributed by atoms with Crippen molar-refractivity contribution >= 4 is 17.6 Å². The van der Waals surface area contributed by atoms with E-state index in [2.05, 4.69) is 25.7 Å². The first kappa shape index (κ1) is 10.9. The van der Waals surface area contributed by atoms with Crippen molar-refractivity contribution in [3.05, 3.63) is 17.6 Å². The third-order valence-corrected chi connectivity index (χ3v) is 1.93. The Morgan fingerprint density at radius 2 is 2.25 bits per heavy atom. The van der Waals surface area contributed by atoms with Crippen LogP contribution in [0.4, 0.5) is 6.01 Å². The number of hydrogen-bond acceptors (Lipinski definition) is 7. The van der Waals surface area contributed by atoms with E-state index >= 15 is 0 Å². The summed E-state index contributed by atoms with van der Waals surface area (Å²) in [6.07, 6.45) is 0. The molecule has 2 rings (SSSR count). The fraction of sp³-hybridized carbons (Fsp3) is 0.500. The second kappa shape index (κ2) is 4.48. The van der Waals surface area contributed by atoms with Gasteiger partial charge in [-0.2, -0.15) is 4.98 Å². The maximum atomic E-state index is 5.77. The van der Waals surface area contributed by atoms with Crippen LogP contribution in [0, 0.1) is 6.92 Å². The number of hydrogen-bond donors (Lipinski definition) is 1. The Morgan fingerprint density at radius 1 is 1.44 bits per heavy atom. The molecule has 0 saturated heterocycles. The number of alkyl halides is 1. The van der Waals surface area contributed by atoms with Crippen LogP contribution in [0.2, 0.25) is 0 Å². The summed E-state index contributed by atoms with van der Waals surface area (Å²) in [5.74, 6) is 1.40. The Bertz CT molecular complexity index is 466. The van der Waals surface area contributed by atoms with Gasteiger partial charge in [-0.15, -0.1) is 16.7 Å². The molecule has 0 amide bonds. The van der Waals surface area contributed by atoms with Gasteiger partial charge < -0.3 is 14.3 Å². The molecule has 0 aliphatic carbocycles. The minimum atomic E-state index is -0.311. The Hall–Kier alpha value is -1.63. The first-order valence-corrected chi connectivity index (χ1v) is 5.09. The van der Waals surface area contributed by atoms with Gasteiger partial charge in [0.2, 0.25) is 11.8 Å². The molecule has 16 heavy (non-hydrogen) atoms. The van der Waals surface area contributed by atoms with Crippen LogP contribution < -0.4 is 5.32 Å². The van der Waals surface area contributed by atoms with Crippen LogP contribution in [0.15, 0.2) is 8.94 Å². The summed E-state index contributed by atoms with van der Waals surface area (Å²) in [4.78, 5) is 4.01. The van der Waals surface area contributed by atoms with Gasteiger partial charge in [0.05, 0.1) is 6.54 Å². The largest absolute Gasteiger partial charge is 0.406 e. The number of halogens is 1. The van der Waals surface area contributed by atoms with Crippen LogP contribution in [-0.2, 0) is 6.54 Å². The van der Waals surface area contributed by atoms with Crippen LogP contribution in [0.25, 0.3) is 0 Å². The number of aromatic nitrogens is 4. The number of aryl methyl sites for hydroxylation is 1. The highest BCUT2D eigenvalue weighted by molar-refractivity contribution is 6.20. The van der Waals surface area contributed by atoms with Gasteiger partial charge in [-0.1, -0.05) is 10.3 Å². The molecule has 7 nitrogen and oxygen atoms in total. The van der Waals surface area contributed by atoms with Gasteiger partial charge in [-0.05, 0) is 13.8 Å². The Balaban J connectivity index is 1.94. The predicted octanol–water partition coefficient (Wildman–Crippen LogP) is 1.67. The minimum Gasteiger partial charge on any atom is -0.406 e. The summed E-state index contributed by atoms with van der Waals surface area (Å²) in [5.41, 5.74) is 0. The van der Waals surface area contributed by atoms with E-state index in [1.807, 2.05) is 0 Å². The summed E-state index contributed by atoms with van der Waals surface area (Å²) >= 11 is 5.77. The lowest BCUT2D eigenvalue weighted by Gasteiger charge is -1.95. The summed E-state index contributed by atoms with van der Waals surface area (Å²) in [5, 5.41) is 13.7. The van der Waals surface area contributed by atoms with Gasteiger partial charge in [-0.25, -0.2) is 0 Å². The van der Waals surface area contributed by atoms with Gasteiger partial charge in [0, 0.05) is 0 Å². The maximum absolute atomic E-state index is 5.77. The number of rotatable bonds is 4. The van der Waals surface area contributed by atoms with E-state index in [1.54, 1.807) is 13.8 Å². The first-order chi connectivity index (χ1) is 7.65. The third kappa shape index (κ3) is 2.48. The number of anilines is 1. The fourth-order valence-electron chi connectivity index (χ4n) is 1.03. The lowest BCUT2D eigenvalue weighted by Crippen LogP contribution is -1.99. The average molecular weight is 244 g/mol. The molecule has 0 radical (unpaired) electrons. The minimum absolute atomic E-state index is 0.276. The maximum Gasteiger partial charge on any atom is 0.315 e. The normalized spacial score (nSPS) is 12.7. The van der Waals surface area contributed by atoms with Crippen molar-refractivity contribution < 1.29 is 8.94 Å². The van der Waals surface area contributed by atoms with Crippen LogP contribution in [0.3, 0.4) is 0 Å². The molecule has 0 aliphatic heterocycles. The predicted molar refractivity (Wildman–Crippen MR) is 54.9 cm³/mol. The van der Waals surface area contributed by atoms with Crippen molar-refractivity contribution in [2.75, 3.05) is 5.32 Å². The van der Waals surface area contributed by atoms with E-state index in [-0.39, 0.29) is 11.4 Å². The molecule has 2 aromatic heterocycles. The fourth-order valence-corrected chi connectivity index (χ4v) is 1.12. The summed E-state index contributed by atoms with van der Waals surface area (Å²) in [7, 11) is 0. The Labute approximate surface area is 96.2 Å². The highest BCUT2D eigenvalue weighted by Gasteiger charge is 2.11. The molecule has 0 spiro atoms. The molecule has 1 atom stereocenters. The molecule has 1 unspecified atom stereocenters. The summed E-state index contributed by atoms with van der Waals surface area (Å²) in [6.45, 7) is 3.83. The second-order valence-electron chi connectivity index (χ2n) is 3.15. The quantitative estimate of drug-likeness (QED) is 0.817. The molecule has 86 valence electrons. The van der Waals surface area contributed by atoms with Crippen molar-refractivity contribution in [2.45, 2.75) is 25.8 Å². The molecule has 1 N–H and O–H groups in total. The lowest BCUT2D eigenvalue weighted by molar-refractivity contribution is 0.378. The van der Waals surface area contributed by atoms with Crippen molar-refractivity contribution in [1.82, 2.24) is 20.3 Å². The molecule has 2 heterocycles. The molecule has 0 fully saturated rings. The standard InChI is InChI=1S/C8H10ClN5O2/c1-4(9)7-12-13-8(15-7)10-3-6-11-5(2)14-16-6/h4H,3H2,1-2H3,(H,10,13). The molecule has 0 saturated carbocycles. The zero-order valence-electron chi connectivity index (χ0n) is 8.77. The summed E-state index contributed by atoms with van der Waals surface area (Å²) < 4.78 is 10.1. The topological polar surface area (TPSA) is 89.9 Å². The van der Waals surface area contributed by atoms with Crippen LogP contribution in [-0.4, -0.2) is 20.3 Å². The number of nitrogens with one attached hydrogen (secondary N) is 1. The van der Waals surface area contributed by atoms with E-state index in [1.165, 1.54) is 0 Å². The highest BCUT2D eigenvalue weighted by atomic mass is 35.5. The van der Waals surface area contributed by atoms with Gasteiger partial charge >= 0.3 is 6.01 Å². The van der Waals surface area contributed by atoms with E-state index in [9.17, 15) is 0 Å². The van der Waals surface area contributed by atoms with Crippen molar-refractivity contribution in [3.8, 4) is 0 Å². The van der Waals surface area contributed by atoms with Crippen molar-refractivity contribution in [2.24, 2.45) is 0 Å². The zero-order chi connectivity index (χ0) is 11.5. The second-order valence-corrected chi connectivity index (χ2v) is 3.80. The van der Waals surface area contributed by atoms with Gasteiger partial charge in [-0.3, -0.25) is 0 Å². The van der Waals surface area contributed by atoms with Gasteiger partial charge in [0.15, 0.2) is 5.82 Å².